The molecule has 1 unspecified atom stereocenters. The van der Waals surface area contributed by atoms with Crippen LogP contribution in [0.1, 0.15) is 25.5 Å². The Balaban J connectivity index is 2.01. The molecule has 1 heterocycles. The summed E-state index contributed by atoms with van der Waals surface area (Å²) in [5.74, 6) is 0.0443. The molecule has 1 aliphatic heterocycles. The molecular weight excluding hydrogens is 399 g/mol. The fraction of sp³-hybridized carbons (Fsp3) is 0.316. The van der Waals surface area contributed by atoms with Gasteiger partial charge >= 0.3 is 12.5 Å². The third kappa shape index (κ3) is 4.27. The van der Waals surface area contributed by atoms with Gasteiger partial charge in [0.25, 0.3) is 0 Å². The Morgan fingerprint density at radius 2 is 1.96 bits per heavy atom. The van der Waals surface area contributed by atoms with Crippen LogP contribution >= 0.6 is 11.6 Å². The summed E-state index contributed by atoms with van der Waals surface area (Å²) < 4.78 is 52.5. The molecule has 150 valence electrons. The number of nitrogens with two attached hydrogens (primary N) is 1. The van der Waals surface area contributed by atoms with E-state index in [9.17, 15) is 18.0 Å². The van der Waals surface area contributed by atoms with Crippen molar-refractivity contribution in [2.24, 2.45) is 11.1 Å². The Kier molecular flexibility index (Phi) is 5.10. The first-order valence-corrected chi connectivity index (χ1v) is 8.62. The molecule has 2 N–H and O–H groups in total. The predicted octanol–water partition coefficient (Wildman–Crippen LogP) is 5.46. The second-order valence-electron chi connectivity index (χ2n) is 7.04. The minimum absolute atomic E-state index is 0.246. The number of hydrogen-bond acceptors (Lipinski definition) is 4. The highest BCUT2D eigenvalue weighted by atomic mass is 35.5. The molecule has 0 aliphatic carbocycles. The lowest BCUT2D eigenvalue weighted by Gasteiger charge is -2.38. The standard InChI is InChI=1S/C19H17ClF3NO4/c1-18(2)9-26-15-7-10(3-5-12(15)16(18)27-17(24)25)13-8-11(4-6-14(13)20)28-19(21,22)23/h3-8,16H,9H2,1-2H3,(H2,24,25). The number of amides is 1. The lowest BCUT2D eigenvalue weighted by molar-refractivity contribution is -0.274. The van der Waals surface area contributed by atoms with Crippen LogP contribution in [0, 0.1) is 5.41 Å². The number of carbonyl (C=O) groups is 1. The summed E-state index contributed by atoms with van der Waals surface area (Å²) in [7, 11) is 0. The zero-order chi connectivity index (χ0) is 20.7. The van der Waals surface area contributed by atoms with Crippen molar-refractivity contribution >= 4 is 17.7 Å². The van der Waals surface area contributed by atoms with Crippen LogP contribution in [0.4, 0.5) is 18.0 Å². The molecule has 1 amide bonds. The molecule has 9 heteroatoms. The van der Waals surface area contributed by atoms with E-state index < -0.39 is 24.0 Å². The van der Waals surface area contributed by atoms with E-state index in [2.05, 4.69) is 4.74 Å². The van der Waals surface area contributed by atoms with Crippen molar-refractivity contribution in [3.05, 3.63) is 47.0 Å². The van der Waals surface area contributed by atoms with E-state index in [0.29, 0.717) is 22.4 Å². The lowest BCUT2D eigenvalue weighted by atomic mass is 9.80. The number of halogens is 4. The maximum absolute atomic E-state index is 12.5. The first-order chi connectivity index (χ1) is 13.0. The molecule has 5 nitrogen and oxygen atoms in total. The number of benzene rings is 2. The molecule has 28 heavy (non-hydrogen) atoms. The Labute approximate surface area is 164 Å². The highest BCUT2D eigenvalue weighted by molar-refractivity contribution is 6.33. The first-order valence-electron chi connectivity index (χ1n) is 8.25. The van der Waals surface area contributed by atoms with Crippen molar-refractivity contribution in [2.75, 3.05) is 6.61 Å². The van der Waals surface area contributed by atoms with Gasteiger partial charge in [-0.1, -0.05) is 37.6 Å². The maximum Gasteiger partial charge on any atom is 0.573 e. The second-order valence-corrected chi connectivity index (χ2v) is 7.44. The number of rotatable bonds is 3. The average molecular weight is 416 g/mol. The fourth-order valence-electron chi connectivity index (χ4n) is 3.07. The van der Waals surface area contributed by atoms with E-state index in [1.807, 2.05) is 13.8 Å². The van der Waals surface area contributed by atoms with Gasteiger partial charge in [0, 0.05) is 21.6 Å². The summed E-state index contributed by atoms with van der Waals surface area (Å²) in [6.07, 6.45) is -6.34. The van der Waals surface area contributed by atoms with E-state index in [-0.39, 0.29) is 17.4 Å². The van der Waals surface area contributed by atoms with Crippen molar-refractivity contribution in [2.45, 2.75) is 26.3 Å². The van der Waals surface area contributed by atoms with Crippen molar-refractivity contribution in [3.63, 3.8) is 0 Å². The molecule has 0 saturated carbocycles. The zero-order valence-corrected chi connectivity index (χ0v) is 15.7. The van der Waals surface area contributed by atoms with E-state index in [0.717, 1.165) is 6.07 Å². The van der Waals surface area contributed by atoms with Crippen molar-refractivity contribution in [1.82, 2.24) is 0 Å². The molecule has 0 fully saturated rings. The van der Waals surface area contributed by atoms with Gasteiger partial charge in [0.1, 0.15) is 17.6 Å². The molecule has 0 spiro atoms. The number of hydrogen-bond donors (Lipinski definition) is 1. The van der Waals surface area contributed by atoms with Gasteiger partial charge in [-0.05, 0) is 29.8 Å². The SMILES string of the molecule is CC1(C)COc2cc(-c3cc(OC(F)(F)F)ccc3Cl)ccc2C1OC(N)=O. The molecule has 0 aromatic heterocycles. The van der Waals surface area contributed by atoms with Crippen LogP contribution in [0.15, 0.2) is 36.4 Å². The third-order valence-corrected chi connectivity index (χ3v) is 4.65. The minimum atomic E-state index is -4.81. The van der Waals surface area contributed by atoms with Gasteiger partial charge in [0.05, 0.1) is 6.61 Å². The summed E-state index contributed by atoms with van der Waals surface area (Å²) >= 11 is 6.16. The zero-order valence-electron chi connectivity index (χ0n) is 15.0. The van der Waals surface area contributed by atoms with Crippen LogP contribution in [0.5, 0.6) is 11.5 Å². The summed E-state index contributed by atoms with van der Waals surface area (Å²) in [5, 5.41) is 0.246. The topological polar surface area (TPSA) is 70.8 Å². The maximum atomic E-state index is 12.5. The van der Waals surface area contributed by atoms with Crippen molar-refractivity contribution in [3.8, 4) is 22.6 Å². The van der Waals surface area contributed by atoms with Crippen molar-refractivity contribution < 1.29 is 32.2 Å². The molecule has 0 bridgehead atoms. The monoisotopic (exact) mass is 415 g/mol. The Morgan fingerprint density at radius 3 is 2.61 bits per heavy atom. The molecule has 0 saturated heterocycles. The smallest absolute Gasteiger partial charge is 0.492 e. The normalized spacial score (nSPS) is 18.0. The van der Waals surface area contributed by atoms with Gasteiger partial charge in [0.2, 0.25) is 0 Å². The van der Waals surface area contributed by atoms with Crippen LogP contribution in [-0.2, 0) is 4.74 Å². The van der Waals surface area contributed by atoms with E-state index in [1.54, 1.807) is 18.2 Å². The molecule has 0 radical (unpaired) electrons. The summed E-state index contributed by atoms with van der Waals surface area (Å²) in [6.45, 7) is 3.99. The summed E-state index contributed by atoms with van der Waals surface area (Å²) in [4.78, 5) is 11.3. The Morgan fingerprint density at radius 1 is 1.25 bits per heavy atom. The Bertz CT molecular complexity index is 915. The van der Waals surface area contributed by atoms with Gasteiger partial charge in [-0.2, -0.15) is 0 Å². The molecule has 3 rings (SSSR count). The van der Waals surface area contributed by atoms with E-state index in [4.69, 9.17) is 26.8 Å². The number of primary amides is 1. The second kappa shape index (κ2) is 7.09. The van der Waals surface area contributed by atoms with E-state index >= 15 is 0 Å². The van der Waals surface area contributed by atoms with Crippen LogP contribution < -0.4 is 15.2 Å². The summed E-state index contributed by atoms with van der Waals surface area (Å²) in [5.41, 5.74) is 6.14. The van der Waals surface area contributed by atoms with Crippen LogP contribution in [-0.4, -0.2) is 19.1 Å². The largest absolute Gasteiger partial charge is 0.573 e. The van der Waals surface area contributed by atoms with Gasteiger partial charge in [-0.25, -0.2) is 4.79 Å². The number of fused-ring (bicyclic) bond motifs is 1. The molecule has 2 aromatic rings. The van der Waals surface area contributed by atoms with Gasteiger partial charge < -0.3 is 19.9 Å². The van der Waals surface area contributed by atoms with Crippen molar-refractivity contribution in [1.29, 1.82) is 0 Å². The number of alkyl halides is 3. The number of ether oxygens (including phenoxy) is 3. The minimum Gasteiger partial charge on any atom is -0.492 e. The lowest BCUT2D eigenvalue weighted by Crippen LogP contribution is -2.37. The quantitative estimate of drug-likeness (QED) is 0.722. The van der Waals surface area contributed by atoms with Gasteiger partial charge in [-0.15, -0.1) is 13.2 Å². The Hall–Kier alpha value is -2.61. The van der Waals surface area contributed by atoms with Gasteiger partial charge in [-0.3, -0.25) is 0 Å². The van der Waals surface area contributed by atoms with Crippen LogP contribution in [0.3, 0.4) is 0 Å². The average Bonchev–Trinajstić information content (AvgIpc) is 2.57. The summed E-state index contributed by atoms with van der Waals surface area (Å²) in [6, 6.07) is 8.60. The molecular formula is C19H17ClF3NO4. The number of carbonyl (C=O) groups excluding carboxylic acids is 1. The highest BCUT2D eigenvalue weighted by Crippen LogP contribution is 2.46. The third-order valence-electron chi connectivity index (χ3n) is 4.32. The predicted molar refractivity (Wildman–Crippen MR) is 96.3 cm³/mol. The first kappa shape index (κ1) is 20.1. The highest BCUT2D eigenvalue weighted by Gasteiger charge is 2.40. The molecule has 1 atom stereocenters. The molecule has 2 aromatic carbocycles. The van der Waals surface area contributed by atoms with Gasteiger partial charge in [0.15, 0.2) is 0 Å². The van der Waals surface area contributed by atoms with E-state index in [1.165, 1.54) is 12.1 Å². The van der Waals surface area contributed by atoms with Crippen LogP contribution in [0.25, 0.3) is 11.1 Å². The molecule has 1 aliphatic rings. The van der Waals surface area contributed by atoms with Crippen LogP contribution in [0.2, 0.25) is 5.02 Å². The fourth-order valence-corrected chi connectivity index (χ4v) is 3.29.